The fourth-order valence-electron chi connectivity index (χ4n) is 4.45. The molecule has 0 unspecified atom stereocenters. The molecule has 0 amide bonds. The van der Waals surface area contributed by atoms with E-state index >= 15 is 0 Å². The Kier molecular flexibility index (Phi) is 4.71. The van der Waals surface area contributed by atoms with Gasteiger partial charge in [0, 0.05) is 14.8 Å². The van der Waals surface area contributed by atoms with Gasteiger partial charge in [0.1, 0.15) is 0 Å². The molecule has 0 spiro atoms. The summed E-state index contributed by atoms with van der Waals surface area (Å²) < 4.78 is 34.4. The van der Waals surface area contributed by atoms with Gasteiger partial charge in [0.2, 0.25) is 10.0 Å². The Balaban J connectivity index is 2.41. The van der Waals surface area contributed by atoms with Crippen molar-refractivity contribution in [1.82, 2.24) is 0 Å². The first-order valence-corrected chi connectivity index (χ1v) is 13.2. The fraction of sp³-hybridized carbons (Fsp3) is 1.00. The smallest absolute Gasteiger partial charge is 0.236 e. The van der Waals surface area contributed by atoms with Crippen molar-refractivity contribution in [3.05, 3.63) is 10.4 Å². The van der Waals surface area contributed by atoms with Crippen molar-refractivity contribution in [2.75, 3.05) is 5.75 Å². The maximum Gasteiger partial charge on any atom is 0.236 e. The predicted octanol–water partition coefficient (Wildman–Crippen LogP) is 4.84. The summed E-state index contributed by atoms with van der Waals surface area (Å²) in [7, 11) is -5.82. The van der Waals surface area contributed by atoms with E-state index in [1.165, 1.54) is 0 Å². The summed E-state index contributed by atoms with van der Waals surface area (Å²) in [5, 5.41) is 0.0733. The standard InChI is InChI=1S/C16H31N3O3SSi/c1-14(2,3)24(6,7)22-13-10-12-8-9-16(13,15(12,4)5)11-23(20,21)19-18-17/h12-13H,8-11H2,1-7H3/t12-,13-,16-/m1/s1. The largest absolute Gasteiger partial charge is 0.413 e. The number of hydrogen-bond donors (Lipinski definition) is 0. The zero-order chi connectivity index (χ0) is 18.6. The third-order valence-electron chi connectivity index (χ3n) is 7.20. The van der Waals surface area contributed by atoms with Crippen LogP contribution in [-0.4, -0.2) is 28.6 Å². The molecule has 0 aromatic heterocycles. The zero-order valence-electron chi connectivity index (χ0n) is 16.0. The maximum absolute atomic E-state index is 12.3. The Morgan fingerprint density at radius 1 is 1.33 bits per heavy atom. The van der Waals surface area contributed by atoms with Gasteiger partial charge >= 0.3 is 0 Å². The van der Waals surface area contributed by atoms with Crippen molar-refractivity contribution >= 4 is 18.3 Å². The molecule has 2 bridgehead atoms. The third-order valence-corrected chi connectivity index (χ3v) is 12.9. The van der Waals surface area contributed by atoms with Crippen LogP contribution in [0.5, 0.6) is 0 Å². The molecule has 0 aromatic rings. The number of hydrogen-bond acceptors (Lipinski definition) is 3. The van der Waals surface area contributed by atoms with Crippen LogP contribution in [0.15, 0.2) is 4.52 Å². The van der Waals surface area contributed by atoms with Crippen LogP contribution in [-0.2, 0) is 14.4 Å². The number of rotatable bonds is 5. The van der Waals surface area contributed by atoms with E-state index in [0.717, 1.165) is 19.3 Å². The van der Waals surface area contributed by atoms with Gasteiger partial charge in [-0.3, -0.25) is 0 Å². The Morgan fingerprint density at radius 3 is 2.38 bits per heavy atom. The van der Waals surface area contributed by atoms with Crippen LogP contribution < -0.4 is 0 Å². The molecule has 138 valence electrons. The molecule has 0 aliphatic heterocycles. The average Bonchev–Trinajstić information content (AvgIpc) is 2.70. The molecule has 0 radical (unpaired) electrons. The van der Waals surface area contributed by atoms with E-state index in [1.807, 2.05) is 0 Å². The van der Waals surface area contributed by atoms with E-state index in [-0.39, 0.29) is 22.3 Å². The highest BCUT2D eigenvalue weighted by atomic mass is 32.2. The minimum atomic E-state index is -3.81. The normalized spacial score (nSPS) is 32.6. The van der Waals surface area contributed by atoms with E-state index in [9.17, 15) is 8.42 Å². The van der Waals surface area contributed by atoms with Gasteiger partial charge in [-0.25, -0.2) is 8.42 Å². The lowest BCUT2D eigenvalue weighted by Crippen LogP contribution is -2.52. The molecular formula is C16H31N3O3SSi. The van der Waals surface area contributed by atoms with E-state index in [4.69, 9.17) is 9.96 Å². The second kappa shape index (κ2) is 5.73. The number of azide groups is 1. The highest BCUT2D eigenvalue weighted by Gasteiger charge is 2.66. The topological polar surface area (TPSA) is 92.1 Å². The molecular weight excluding hydrogens is 342 g/mol. The Labute approximate surface area is 147 Å². The van der Waals surface area contributed by atoms with Crippen LogP contribution in [0, 0.1) is 16.7 Å². The second-order valence-electron chi connectivity index (χ2n) is 9.61. The molecule has 6 nitrogen and oxygen atoms in total. The first-order chi connectivity index (χ1) is 10.7. The van der Waals surface area contributed by atoms with Gasteiger partial charge < -0.3 is 4.43 Å². The average molecular weight is 374 g/mol. The van der Waals surface area contributed by atoms with Crippen LogP contribution in [0.4, 0.5) is 0 Å². The minimum Gasteiger partial charge on any atom is -0.413 e. The Hall–Kier alpha value is -0.563. The molecule has 2 fully saturated rings. The van der Waals surface area contributed by atoms with Gasteiger partial charge in [-0.15, -0.1) is 0 Å². The van der Waals surface area contributed by atoms with Gasteiger partial charge in [-0.2, -0.15) is 0 Å². The van der Waals surface area contributed by atoms with Gasteiger partial charge in [-0.05, 0) is 54.3 Å². The summed E-state index contributed by atoms with van der Waals surface area (Å²) >= 11 is 0. The molecule has 0 heterocycles. The van der Waals surface area contributed by atoms with E-state index in [1.54, 1.807) is 0 Å². The molecule has 0 saturated heterocycles. The van der Waals surface area contributed by atoms with E-state index < -0.39 is 23.8 Å². The van der Waals surface area contributed by atoms with Crippen molar-refractivity contribution in [2.45, 2.75) is 78.1 Å². The van der Waals surface area contributed by atoms with Crippen molar-refractivity contribution in [1.29, 1.82) is 0 Å². The molecule has 8 heteroatoms. The van der Waals surface area contributed by atoms with Crippen molar-refractivity contribution in [3.8, 4) is 0 Å². The molecule has 2 aliphatic carbocycles. The first-order valence-electron chi connectivity index (χ1n) is 8.65. The van der Waals surface area contributed by atoms with Crippen molar-refractivity contribution in [2.24, 2.45) is 21.3 Å². The molecule has 3 atom stereocenters. The van der Waals surface area contributed by atoms with Crippen LogP contribution in [0.3, 0.4) is 0 Å². The van der Waals surface area contributed by atoms with Crippen molar-refractivity contribution < 1.29 is 12.8 Å². The van der Waals surface area contributed by atoms with Crippen molar-refractivity contribution in [3.63, 3.8) is 0 Å². The van der Waals surface area contributed by atoms with Crippen LogP contribution in [0.25, 0.3) is 10.4 Å². The van der Waals surface area contributed by atoms with Gasteiger partial charge in [0.05, 0.1) is 11.9 Å². The quantitative estimate of drug-likeness (QED) is 0.298. The summed E-state index contributed by atoms with van der Waals surface area (Å²) in [6.07, 6.45) is 2.68. The lowest BCUT2D eigenvalue weighted by Gasteiger charge is -2.47. The zero-order valence-corrected chi connectivity index (χ0v) is 17.8. The molecule has 2 rings (SSSR count). The Bertz CT molecular complexity index is 663. The SMILES string of the molecule is CC1(C)[C@@H]2CC[C@@]1(CS(=O)(=O)N=[N+]=[N-])[C@H](O[Si](C)(C)C(C)(C)C)C2. The highest BCUT2D eigenvalue weighted by molar-refractivity contribution is 7.90. The summed E-state index contributed by atoms with van der Waals surface area (Å²) in [4.78, 5) is 2.52. The maximum atomic E-state index is 12.3. The molecule has 0 aromatic carbocycles. The molecule has 2 saturated carbocycles. The van der Waals surface area contributed by atoms with Gasteiger partial charge in [-0.1, -0.05) is 34.6 Å². The number of fused-ring (bicyclic) bond motifs is 2. The molecule has 0 N–H and O–H groups in total. The fourth-order valence-corrected chi connectivity index (χ4v) is 7.36. The number of nitrogens with zero attached hydrogens (tertiary/aromatic N) is 3. The minimum absolute atomic E-state index is 0.0733. The Morgan fingerprint density at radius 2 is 1.92 bits per heavy atom. The molecule has 24 heavy (non-hydrogen) atoms. The predicted molar refractivity (Wildman–Crippen MR) is 98.6 cm³/mol. The monoisotopic (exact) mass is 373 g/mol. The van der Waals surface area contributed by atoms with Crippen LogP contribution in [0.1, 0.15) is 53.9 Å². The summed E-state index contributed by atoms with van der Waals surface area (Å²) in [5.74, 6) is 0.362. The summed E-state index contributed by atoms with van der Waals surface area (Å²) in [5.41, 5.74) is 8.00. The summed E-state index contributed by atoms with van der Waals surface area (Å²) in [6, 6.07) is 0. The van der Waals surface area contributed by atoms with Crippen LogP contribution in [0.2, 0.25) is 18.1 Å². The number of sulfonamides is 1. The van der Waals surface area contributed by atoms with Crippen LogP contribution >= 0.6 is 0 Å². The van der Waals surface area contributed by atoms with Gasteiger partial charge in [0.25, 0.3) is 0 Å². The summed E-state index contributed by atoms with van der Waals surface area (Å²) in [6.45, 7) is 15.3. The lowest BCUT2D eigenvalue weighted by molar-refractivity contribution is 0.0237. The van der Waals surface area contributed by atoms with Gasteiger partial charge in [0.15, 0.2) is 8.32 Å². The first kappa shape index (κ1) is 19.8. The molecule has 2 aliphatic rings. The third kappa shape index (κ3) is 3.02. The van der Waals surface area contributed by atoms with E-state index in [0.29, 0.717) is 5.92 Å². The highest BCUT2D eigenvalue weighted by Crippen LogP contribution is 2.67. The second-order valence-corrected chi connectivity index (χ2v) is 16.0. The lowest BCUT2D eigenvalue weighted by atomic mass is 9.70. The van der Waals surface area contributed by atoms with E-state index in [2.05, 4.69) is 57.1 Å².